The molecule has 0 fully saturated rings. The van der Waals surface area contributed by atoms with E-state index >= 15 is 0 Å². The van der Waals surface area contributed by atoms with Crippen LogP contribution in [0.15, 0.2) is 43.0 Å². The van der Waals surface area contributed by atoms with Gasteiger partial charge in [-0.05, 0) is 66.3 Å². The third-order valence-electron chi connectivity index (χ3n) is 3.78. The van der Waals surface area contributed by atoms with Crippen LogP contribution in [0.25, 0.3) is 5.70 Å². The molecule has 2 aromatic carbocycles. The van der Waals surface area contributed by atoms with Gasteiger partial charge in [-0.25, -0.2) is 0 Å². The lowest BCUT2D eigenvalue weighted by Crippen LogP contribution is -1.99. The van der Waals surface area contributed by atoms with E-state index in [1.54, 1.807) is 0 Å². The van der Waals surface area contributed by atoms with Crippen LogP contribution in [0.3, 0.4) is 0 Å². The van der Waals surface area contributed by atoms with Crippen LogP contribution < -0.4 is 5.32 Å². The van der Waals surface area contributed by atoms with Crippen molar-refractivity contribution in [3.63, 3.8) is 0 Å². The zero-order valence-corrected chi connectivity index (χ0v) is 13.7. The minimum absolute atomic E-state index is 0.816. The molecular weight excluding hydrogens is 278 g/mol. The number of hydrogen-bond acceptors (Lipinski definition) is 1. The Labute approximate surface area is 132 Å². The summed E-state index contributed by atoms with van der Waals surface area (Å²) in [6, 6.07) is 12.6. The Morgan fingerprint density at radius 2 is 1.76 bits per heavy atom. The van der Waals surface area contributed by atoms with Crippen LogP contribution in [0.5, 0.6) is 0 Å². The Morgan fingerprint density at radius 1 is 1.10 bits per heavy atom. The molecule has 0 heterocycles. The number of halogens is 1. The predicted octanol–water partition coefficient (Wildman–Crippen LogP) is 5.86. The highest BCUT2D eigenvalue weighted by Gasteiger charge is 2.07. The fraction of sp³-hybridized carbons (Fsp3) is 0.263. The molecule has 0 saturated carbocycles. The highest BCUT2D eigenvalue weighted by Crippen LogP contribution is 2.26. The van der Waals surface area contributed by atoms with Crippen molar-refractivity contribution < 1.29 is 0 Å². The summed E-state index contributed by atoms with van der Waals surface area (Å²) >= 11 is 6.35. The van der Waals surface area contributed by atoms with Crippen molar-refractivity contribution in [3.8, 4) is 0 Å². The largest absolute Gasteiger partial charge is 0.356 e. The quantitative estimate of drug-likeness (QED) is 0.729. The number of rotatable bonds is 5. The van der Waals surface area contributed by atoms with E-state index in [1.165, 1.54) is 16.7 Å². The first-order valence-electron chi connectivity index (χ1n) is 7.39. The Morgan fingerprint density at radius 3 is 2.29 bits per heavy atom. The summed E-state index contributed by atoms with van der Waals surface area (Å²) < 4.78 is 0. The highest BCUT2D eigenvalue weighted by molar-refractivity contribution is 6.31. The Balaban J connectivity index is 2.20. The first-order chi connectivity index (χ1) is 10.0. The van der Waals surface area contributed by atoms with Crippen LogP contribution >= 0.6 is 11.6 Å². The van der Waals surface area contributed by atoms with Crippen LogP contribution in [0, 0.1) is 6.92 Å². The van der Waals surface area contributed by atoms with E-state index in [0.29, 0.717) is 0 Å². The average Bonchev–Trinajstić information content (AvgIpc) is 2.47. The van der Waals surface area contributed by atoms with Crippen molar-refractivity contribution >= 4 is 23.0 Å². The van der Waals surface area contributed by atoms with Crippen molar-refractivity contribution in [2.45, 2.75) is 33.6 Å². The van der Waals surface area contributed by atoms with Gasteiger partial charge in [-0.1, -0.05) is 44.2 Å². The molecular formula is C19H22ClN. The van der Waals surface area contributed by atoms with E-state index in [1.807, 2.05) is 6.07 Å². The molecule has 0 amide bonds. The number of nitrogens with one attached hydrogen (secondary N) is 1. The summed E-state index contributed by atoms with van der Waals surface area (Å²) in [5.41, 5.74) is 6.70. The van der Waals surface area contributed by atoms with E-state index in [0.717, 1.165) is 34.8 Å². The Bertz CT molecular complexity index is 618. The number of aryl methyl sites for hydroxylation is 2. The van der Waals surface area contributed by atoms with Gasteiger partial charge in [0.25, 0.3) is 0 Å². The zero-order chi connectivity index (χ0) is 15.4. The molecule has 0 spiro atoms. The van der Waals surface area contributed by atoms with Crippen molar-refractivity contribution in [2.75, 3.05) is 5.32 Å². The van der Waals surface area contributed by atoms with Gasteiger partial charge in [-0.2, -0.15) is 0 Å². The van der Waals surface area contributed by atoms with Gasteiger partial charge < -0.3 is 5.32 Å². The molecule has 0 unspecified atom stereocenters. The van der Waals surface area contributed by atoms with E-state index in [4.69, 9.17) is 11.6 Å². The van der Waals surface area contributed by atoms with Crippen LogP contribution in [0.2, 0.25) is 5.02 Å². The van der Waals surface area contributed by atoms with Crippen LogP contribution in [0.4, 0.5) is 5.69 Å². The minimum atomic E-state index is 0.816. The van der Waals surface area contributed by atoms with Crippen molar-refractivity contribution in [1.29, 1.82) is 0 Å². The molecule has 2 heteroatoms. The predicted molar refractivity (Wildman–Crippen MR) is 94.0 cm³/mol. The first kappa shape index (κ1) is 15.7. The monoisotopic (exact) mass is 299 g/mol. The molecule has 0 saturated heterocycles. The average molecular weight is 300 g/mol. The van der Waals surface area contributed by atoms with Crippen molar-refractivity contribution in [3.05, 3.63) is 70.3 Å². The molecule has 110 valence electrons. The number of hydrogen-bond donors (Lipinski definition) is 1. The summed E-state index contributed by atoms with van der Waals surface area (Å²) in [5, 5.41) is 4.16. The molecule has 2 rings (SSSR count). The maximum atomic E-state index is 6.35. The van der Waals surface area contributed by atoms with Crippen molar-refractivity contribution in [1.82, 2.24) is 0 Å². The fourth-order valence-electron chi connectivity index (χ4n) is 2.47. The normalized spacial score (nSPS) is 10.5. The molecule has 0 radical (unpaired) electrons. The second-order valence-corrected chi connectivity index (χ2v) is 5.67. The highest BCUT2D eigenvalue weighted by atomic mass is 35.5. The second kappa shape index (κ2) is 6.82. The summed E-state index contributed by atoms with van der Waals surface area (Å²) in [6.45, 7) is 10.5. The van der Waals surface area contributed by atoms with Gasteiger partial charge in [-0.15, -0.1) is 0 Å². The topological polar surface area (TPSA) is 12.0 Å². The van der Waals surface area contributed by atoms with E-state index in [-0.39, 0.29) is 0 Å². The minimum Gasteiger partial charge on any atom is -0.356 e. The van der Waals surface area contributed by atoms with Gasteiger partial charge in [0.05, 0.1) is 0 Å². The smallest absolute Gasteiger partial charge is 0.0447 e. The molecule has 0 aliphatic rings. The molecule has 0 aliphatic carbocycles. The SMILES string of the molecule is C=C(Nc1ccc(CC)cc1)c1cc(C)c(CC)c(Cl)c1. The van der Waals surface area contributed by atoms with Crippen LogP contribution in [-0.4, -0.2) is 0 Å². The molecule has 0 bridgehead atoms. The van der Waals surface area contributed by atoms with Gasteiger partial charge in [-0.3, -0.25) is 0 Å². The third-order valence-corrected chi connectivity index (χ3v) is 4.12. The number of anilines is 1. The Kier molecular flexibility index (Phi) is 5.08. The number of benzene rings is 2. The van der Waals surface area contributed by atoms with Crippen LogP contribution in [0.1, 0.15) is 36.1 Å². The maximum absolute atomic E-state index is 6.35. The standard InChI is InChI=1S/C19H22ClN/c1-5-15-7-9-17(10-8-15)21-14(4)16-11-13(3)18(6-2)19(20)12-16/h7-12,21H,4-6H2,1-3H3. The van der Waals surface area contributed by atoms with E-state index < -0.39 is 0 Å². The van der Waals surface area contributed by atoms with Crippen molar-refractivity contribution in [2.24, 2.45) is 0 Å². The molecule has 1 nitrogen and oxygen atoms in total. The first-order valence-corrected chi connectivity index (χ1v) is 7.77. The molecule has 1 N–H and O–H groups in total. The molecule has 2 aromatic rings. The van der Waals surface area contributed by atoms with Gasteiger partial charge >= 0.3 is 0 Å². The van der Waals surface area contributed by atoms with Crippen LogP contribution in [-0.2, 0) is 12.8 Å². The molecule has 21 heavy (non-hydrogen) atoms. The fourth-order valence-corrected chi connectivity index (χ4v) is 2.87. The second-order valence-electron chi connectivity index (χ2n) is 5.26. The van der Waals surface area contributed by atoms with Gasteiger partial charge in [0.15, 0.2) is 0 Å². The van der Waals surface area contributed by atoms with Gasteiger partial charge in [0.2, 0.25) is 0 Å². The summed E-state index contributed by atoms with van der Waals surface area (Å²) in [6.07, 6.45) is 2.00. The summed E-state index contributed by atoms with van der Waals surface area (Å²) in [7, 11) is 0. The summed E-state index contributed by atoms with van der Waals surface area (Å²) in [4.78, 5) is 0. The van der Waals surface area contributed by atoms with Gasteiger partial charge in [0.1, 0.15) is 0 Å². The molecule has 0 aromatic heterocycles. The lowest BCUT2D eigenvalue weighted by molar-refractivity contribution is 1.11. The maximum Gasteiger partial charge on any atom is 0.0447 e. The molecule has 0 aliphatic heterocycles. The van der Waals surface area contributed by atoms with Gasteiger partial charge in [0, 0.05) is 16.4 Å². The Hall–Kier alpha value is -1.73. The third kappa shape index (κ3) is 3.68. The zero-order valence-electron chi connectivity index (χ0n) is 13.0. The van der Waals surface area contributed by atoms with E-state index in [2.05, 4.69) is 63.0 Å². The summed E-state index contributed by atoms with van der Waals surface area (Å²) in [5.74, 6) is 0. The lowest BCUT2D eigenvalue weighted by atomic mass is 10.0. The lowest BCUT2D eigenvalue weighted by Gasteiger charge is -2.14. The van der Waals surface area contributed by atoms with E-state index in [9.17, 15) is 0 Å². The molecule has 0 atom stereocenters.